The molecule has 1 saturated carbocycles. The summed E-state index contributed by atoms with van der Waals surface area (Å²) < 4.78 is 1.87. The van der Waals surface area contributed by atoms with Crippen molar-refractivity contribution in [3.05, 3.63) is 34.6 Å². The number of amides is 1. The normalized spacial score (nSPS) is 23.1. The van der Waals surface area contributed by atoms with Crippen LogP contribution in [0.15, 0.2) is 34.2 Å². The van der Waals surface area contributed by atoms with Crippen molar-refractivity contribution in [3.8, 4) is 0 Å². The Bertz CT molecular complexity index is 849. The number of fused-ring (bicyclic) bond motifs is 1. The fourth-order valence-electron chi connectivity index (χ4n) is 3.82. The molecule has 1 aromatic heterocycles. The van der Waals surface area contributed by atoms with E-state index in [0.29, 0.717) is 34.4 Å². The first-order valence-electron chi connectivity index (χ1n) is 9.43. The molecule has 1 aliphatic carbocycles. The van der Waals surface area contributed by atoms with Gasteiger partial charge in [0.2, 0.25) is 5.91 Å². The average Bonchev–Trinajstić information content (AvgIpc) is 2.63. The van der Waals surface area contributed by atoms with E-state index in [4.69, 9.17) is 4.98 Å². The Morgan fingerprint density at radius 3 is 2.85 bits per heavy atom. The Kier molecular flexibility index (Phi) is 6.01. The number of thioether (sulfide) groups is 1. The molecule has 0 aliphatic heterocycles. The van der Waals surface area contributed by atoms with E-state index in [-0.39, 0.29) is 23.3 Å². The quantitative estimate of drug-likeness (QED) is 0.642. The molecule has 26 heavy (non-hydrogen) atoms. The standard InChI is InChI=1S/C20H27N3O2S/c1-4-21-18(24)12-26-20-22-16-10-6-5-9-15(16)19(25)23(20)17-11-7-8-13(2)14(17)3/h5-6,9-10,13-14,17H,4,7-8,11-12H2,1-3H3,(H,21,24). The highest BCUT2D eigenvalue weighted by Gasteiger charge is 2.31. The molecule has 0 spiro atoms. The van der Waals surface area contributed by atoms with E-state index >= 15 is 0 Å². The van der Waals surface area contributed by atoms with Gasteiger partial charge in [0.25, 0.3) is 5.56 Å². The van der Waals surface area contributed by atoms with Gasteiger partial charge < -0.3 is 5.32 Å². The van der Waals surface area contributed by atoms with Crippen LogP contribution in [-0.2, 0) is 4.79 Å². The third-order valence-corrected chi connectivity index (χ3v) is 6.43. The number of rotatable bonds is 5. The zero-order valence-electron chi connectivity index (χ0n) is 15.7. The molecule has 1 amide bonds. The smallest absolute Gasteiger partial charge is 0.262 e. The summed E-state index contributed by atoms with van der Waals surface area (Å²) in [5.41, 5.74) is 0.712. The lowest BCUT2D eigenvalue weighted by molar-refractivity contribution is -0.118. The Morgan fingerprint density at radius 1 is 1.31 bits per heavy atom. The van der Waals surface area contributed by atoms with Crippen molar-refractivity contribution in [2.75, 3.05) is 12.3 Å². The molecule has 1 aliphatic rings. The number of carbonyl (C=O) groups is 1. The first-order chi connectivity index (χ1) is 12.5. The summed E-state index contributed by atoms with van der Waals surface area (Å²) in [5.74, 6) is 1.23. The molecule has 0 bridgehead atoms. The van der Waals surface area contributed by atoms with Crippen molar-refractivity contribution in [1.29, 1.82) is 0 Å². The van der Waals surface area contributed by atoms with Crippen molar-refractivity contribution in [3.63, 3.8) is 0 Å². The Hall–Kier alpha value is -1.82. The second-order valence-electron chi connectivity index (χ2n) is 7.16. The summed E-state index contributed by atoms with van der Waals surface area (Å²) >= 11 is 1.36. The van der Waals surface area contributed by atoms with Crippen LogP contribution in [0.1, 0.15) is 46.1 Å². The van der Waals surface area contributed by atoms with Gasteiger partial charge in [0.15, 0.2) is 5.16 Å². The number of hydrogen-bond acceptors (Lipinski definition) is 4. The van der Waals surface area contributed by atoms with Gasteiger partial charge in [0.05, 0.1) is 16.7 Å². The van der Waals surface area contributed by atoms with Crippen LogP contribution >= 0.6 is 11.8 Å². The van der Waals surface area contributed by atoms with Gasteiger partial charge in [-0.1, -0.05) is 50.6 Å². The number of hydrogen-bond donors (Lipinski definition) is 1. The second-order valence-corrected chi connectivity index (χ2v) is 8.11. The maximum atomic E-state index is 13.3. The number of nitrogens with one attached hydrogen (secondary N) is 1. The van der Waals surface area contributed by atoms with E-state index in [9.17, 15) is 9.59 Å². The van der Waals surface area contributed by atoms with Crippen LogP contribution in [0.5, 0.6) is 0 Å². The maximum Gasteiger partial charge on any atom is 0.262 e. The lowest BCUT2D eigenvalue weighted by Crippen LogP contribution is -2.35. The summed E-state index contributed by atoms with van der Waals surface area (Å²) in [6.07, 6.45) is 3.31. The maximum absolute atomic E-state index is 13.3. The van der Waals surface area contributed by atoms with Crippen LogP contribution < -0.4 is 10.9 Å². The minimum absolute atomic E-state index is 0.0138. The number of para-hydroxylation sites is 1. The van der Waals surface area contributed by atoms with Crippen molar-refractivity contribution in [2.24, 2.45) is 11.8 Å². The molecule has 1 N–H and O–H groups in total. The van der Waals surface area contributed by atoms with Gasteiger partial charge in [0.1, 0.15) is 0 Å². The average molecular weight is 374 g/mol. The van der Waals surface area contributed by atoms with Gasteiger partial charge in [-0.05, 0) is 37.3 Å². The molecule has 1 fully saturated rings. The first kappa shape index (κ1) is 19.0. The lowest BCUT2D eigenvalue weighted by Gasteiger charge is -2.36. The van der Waals surface area contributed by atoms with Gasteiger partial charge in [0, 0.05) is 12.6 Å². The number of carbonyl (C=O) groups excluding carboxylic acids is 1. The third-order valence-electron chi connectivity index (χ3n) is 5.48. The van der Waals surface area contributed by atoms with Crippen molar-refractivity contribution in [2.45, 2.75) is 51.2 Å². The van der Waals surface area contributed by atoms with Crippen LogP contribution in [0.2, 0.25) is 0 Å². The molecular formula is C20H27N3O2S. The molecule has 1 aromatic carbocycles. The monoisotopic (exact) mass is 373 g/mol. The van der Waals surface area contributed by atoms with Crippen molar-refractivity contribution < 1.29 is 4.79 Å². The molecule has 3 rings (SSSR count). The van der Waals surface area contributed by atoms with E-state index in [1.54, 1.807) is 0 Å². The molecule has 3 atom stereocenters. The summed E-state index contributed by atoms with van der Waals surface area (Å²) in [6, 6.07) is 7.62. The number of nitrogens with zero attached hydrogens (tertiary/aromatic N) is 2. The summed E-state index contributed by atoms with van der Waals surface area (Å²) in [5, 5.41) is 4.12. The predicted molar refractivity (Wildman–Crippen MR) is 107 cm³/mol. The molecule has 140 valence electrons. The highest BCUT2D eigenvalue weighted by molar-refractivity contribution is 7.99. The third kappa shape index (κ3) is 3.80. The van der Waals surface area contributed by atoms with Crippen LogP contribution in [0.4, 0.5) is 0 Å². The summed E-state index contributed by atoms with van der Waals surface area (Å²) in [4.78, 5) is 30.0. The van der Waals surface area contributed by atoms with Gasteiger partial charge in [-0.25, -0.2) is 4.98 Å². The van der Waals surface area contributed by atoms with E-state index in [2.05, 4.69) is 19.2 Å². The van der Waals surface area contributed by atoms with Crippen molar-refractivity contribution in [1.82, 2.24) is 14.9 Å². The minimum Gasteiger partial charge on any atom is -0.356 e. The number of benzene rings is 1. The zero-order chi connectivity index (χ0) is 18.7. The fourth-order valence-corrected chi connectivity index (χ4v) is 4.70. The van der Waals surface area contributed by atoms with Crippen molar-refractivity contribution >= 4 is 28.6 Å². The van der Waals surface area contributed by atoms with Crippen LogP contribution in [0.3, 0.4) is 0 Å². The van der Waals surface area contributed by atoms with Crippen LogP contribution in [0.25, 0.3) is 10.9 Å². The fraction of sp³-hybridized carbons (Fsp3) is 0.550. The van der Waals surface area contributed by atoms with Gasteiger partial charge in [-0.3, -0.25) is 14.2 Å². The predicted octanol–water partition coefficient (Wildman–Crippen LogP) is 3.62. The Morgan fingerprint density at radius 2 is 2.08 bits per heavy atom. The minimum atomic E-state index is -0.0310. The van der Waals surface area contributed by atoms with Gasteiger partial charge in [-0.2, -0.15) is 0 Å². The largest absolute Gasteiger partial charge is 0.356 e. The second kappa shape index (κ2) is 8.25. The molecule has 6 heteroatoms. The Balaban J connectivity index is 2.05. The topological polar surface area (TPSA) is 64.0 Å². The molecule has 2 aromatic rings. The SMILES string of the molecule is CCNC(=O)CSc1nc2ccccc2c(=O)n1C1CCCC(C)C1C. The van der Waals surface area contributed by atoms with Crippen LogP contribution in [-0.4, -0.2) is 27.8 Å². The summed E-state index contributed by atoms with van der Waals surface area (Å²) in [6.45, 7) is 7.00. The number of aromatic nitrogens is 2. The van der Waals surface area contributed by atoms with E-state index in [1.807, 2.05) is 35.8 Å². The first-order valence-corrected chi connectivity index (χ1v) is 10.4. The Labute approximate surface area is 158 Å². The van der Waals surface area contributed by atoms with Gasteiger partial charge in [-0.15, -0.1) is 0 Å². The molecule has 3 unspecified atom stereocenters. The molecule has 0 radical (unpaired) electrons. The highest BCUT2D eigenvalue weighted by atomic mass is 32.2. The summed E-state index contributed by atoms with van der Waals surface area (Å²) in [7, 11) is 0. The van der Waals surface area contributed by atoms with E-state index < -0.39 is 0 Å². The molecular weight excluding hydrogens is 346 g/mol. The zero-order valence-corrected chi connectivity index (χ0v) is 16.5. The van der Waals surface area contributed by atoms with Crippen LogP contribution in [0, 0.1) is 11.8 Å². The van der Waals surface area contributed by atoms with E-state index in [0.717, 1.165) is 12.8 Å². The molecule has 0 saturated heterocycles. The van der Waals surface area contributed by atoms with Gasteiger partial charge >= 0.3 is 0 Å². The molecule has 5 nitrogen and oxygen atoms in total. The lowest BCUT2D eigenvalue weighted by atomic mass is 9.78. The molecule has 1 heterocycles. The highest BCUT2D eigenvalue weighted by Crippen LogP contribution is 2.38. The van der Waals surface area contributed by atoms with E-state index in [1.165, 1.54) is 18.2 Å².